The number of aldehydes is 1. The number of nitrogens with zero attached hydrogens (tertiary/aromatic N) is 1. The lowest BCUT2D eigenvalue weighted by molar-refractivity contribution is -0.137. The van der Waals surface area contributed by atoms with Crippen LogP contribution in [0.1, 0.15) is 33.5 Å². The molecule has 0 spiro atoms. The quantitative estimate of drug-likeness (QED) is 0.160. The molecule has 0 fully saturated rings. The Morgan fingerprint density at radius 3 is 2.35 bits per heavy atom. The van der Waals surface area contributed by atoms with Crippen molar-refractivity contribution >= 4 is 27.7 Å². The molecule has 0 unspecified atom stereocenters. The Bertz CT molecular complexity index is 1350. The Morgan fingerprint density at radius 1 is 1.03 bits per heavy atom. The Kier molecular flexibility index (Phi) is 9.33. The number of rotatable bonds is 11. The lowest BCUT2D eigenvalue weighted by atomic mass is 10.1. The molecule has 37 heavy (non-hydrogen) atoms. The number of sulfone groups is 1. The zero-order chi connectivity index (χ0) is 27.2. The Labute approximate surface area is 217 Å². The van der Waals surface area contributed by atoms with Crippen LogP contribution in [-0.2, 0) is 29.1 Å². The molecule has 198 valence electrons. The lowest BCUT2D eigenvalue weighted by Gasteiger charge is -2.24. The van der Waals surface area contributed by atoms with E-state index >= 15 is 0 Å². The second-order valence-corrected chi connectivity index (χ2v) is 10.8. The number of hydrogen-bond acceptors (Lipinski definition) is 5. The van der Waals surface area contributed by atoms with Gasteiger partial charge in [0, 0.05) is 31.5 Å². The van der Waals surface area contributed by atoms with Crippen molar-refractivity contribution in [2.24, 2.45) is 0 Å². The van der Waals surface area contributed by atoms with Gasteiger partial charge in [0.15, 0.2) is 16.1 Å². The predicted octanol–water partition coefficient (Wildman–Crippen LogP) is 6.19. The molecule has 11 heteroatoms. The maximum atomic E-state index is 13.3. The number of ether oxygens (including phenoxy) is 1. The van der Waals surface area contributed by atoms with Crippen LogP contribution in [0.5, 0.6) is 5.75 Å². The van der Waals surface area contributed by atoms with Gasteiger partial charge < -0.3 is 4.74 Å². The van der Waals surface area contributed by atoms with E-state index in [2.05, 4.69) is 0 Å². The lowest BCUT2D eigenvalue weighted by Crippen LogP contribution is -2.26. The molecule has 0 aliphatic rings. The van der Waals surface area contributed by atoms with Crippen molar-refractivity contribution in [3.05, 3.63) is 93.8 Å². The van der Waals surface area contributed by atoms with Crippen molar-refractivity contribution in [1.82, 2.24) is 4.90 Å². The first-order chi connectivity index (χ1) is 17.4. The predicted molar refractivity (Wildman–Crippen MR) is 132 cm³/mol. The Morgan fingerprint density at radius 2 is 1.73 bits per heavy atom. The summed E-state index contributed by atoms with van der Waals surface area (Å²) in [6, 6.07) is 13.6. The standard InChI is InChI=1S/C26H24ClF4NO4S/c1-37(34,35)24-14-22(11-8-20(24)17-33)36-13-3-12-32(15-18-6-9-21(28)10-7-18)16-19-4-2-5-23(25(19)27)26(29,30)31/h2,4-11,14,17H,3,12-13,15-16H2,1H3. The number of hydrogen-bond donors (Lipinski definition) is 0. The summed E-state index contributed by atoms with van der Waals surface area (Å²) in [6.07, 6.45) is -2.72. The molecule has 0 radical (unpaired) electrons. The van der Waals surface area contributed by atoms with E-state index in [4.69, 9.17) is 16.3 Å². The number of alkyl halides is 3. The Hall–Kier alpha value is -2.95. The van der Waals surface area contributed by atoms with Crippen LogP contribution in [0.25, 0.3) is 0 Å². The first-order valence-electron chi connectivity index (χ1n) is 11.1. The summed E-state index contributed by atoms with van der Waals surface area (Å²) in [5.41, 5.74) is 0.157. The molecular weight excluding hydrogens is 534 g/mol. The van der Waals surface area contributed by atoms with Gasteiger partial charge in [-0.05, 0) is 53.9 Å². The highest BCUT2D eigenvalue weighted by molar-refractivity contribution is 7.90. The van der Waals surface area contributed by atoms with Crippen molar-refractivity contribution in [2.45, 2.75) is 30.6 Å². The van der Waals surface area contributed by atoms with E-state index in [9.17, 15) is 30.8 Å². The number of carbonyl (C=O) groups excluding carboxylic acids is 1. The van der Waals surface area contributed by atoms with Crippen molar-refractivity contribution < 1.29 is 35.5 Å². The van der Waals surface area contributed by atoms with E-state index in [0.717, 1.165) is 17.9 Å². The van der Waals surface area contributed by atoms with Gasteiger partial charge in [0.1, 0.15) is 11.6 Å². The third-order valence-corrected chi connectivity index (χ3v) is 7.10. The number of carbonyl (C=O) groups is 1. The van der Waals surface area contributed by atoms with Gasteiger partial charge >= 0.3 is 6.18 Å². The molecule has 0 amide bonds. The minimum atomic E-state index is -4.59. The first kappa shape index (κ1) is 28.6. The summed E-state index contributed by atoms with van der Waals surface area (Å²) >= 11 is 6.08. The van der Waals surface area contributed by atoms with Crippen molar-refractivity contribution in [1.29, 1.82) is 0 Å². The first-order valence-corrected chi connectivity index (χ1v) is 13.4. The normalized spacial score (nSPS) is 12.1. The van der Waals surface area contributed by atoms with Gasteiger partial charge in [-0.1, -0.05) is 35.9 Å². The van der Waals surface area contributed by atoms with Crippen molar-refractivity contribution in [2.75, 3.05) is 19.4 Å². The van der Waals surface area contributed by atoms with Crippen molar-refractivity contribution in [3.63, 3.8) is 0 Å². The van der Waals surface area contributed by atoms with E-state index < -0.39 is 27.4 Å². The fraction of sp³-hybridized carbons (Fsp3) is 0.269. The summed E-state index contributed by atoms with van der Waals surface area (Å²) < 4.78 is 82.8. The summed E-state index contributed by atoms with van der Waals surface area (Å²) in [6.45, 7) is 0.973. The largest absolute Gasteiger partial charge is 0.494 e. The van der Waals surface area contributed by atoms with E-state index in [1.165, 1.54) is 42.5 Å². The SMILES string of the molecule is CS(=O)(=O)c1cc(OCCCN(Cc2ccc(F)cc2)Cc2cccc(C(F)(F)F)c2Cl)ccc1C=O. The van der Waals surface area contributed by atoms with Crippen LogP contribution >= 0.6 is 11.6 Å². The maximum Gasteiger partial charge on any atom is 0.417 e. The van der Waals surface area contributed by atoms with E-state index in [0.29, 0.717) is 31.4 Å². The third kappa shape index (κ3) is 8.02. The van der Waals surface area contributed by atoms with E-state index in [-0.39, 0.29) is 34.4 Å². The van der Waals surface area contributed by atoms with Crippen LogP contribution in [0, 0.1) is 5.82 Å². The molecule has 0 aliphatic carbocycles. The molecule has 0 bridgehead atoms. The minimum absolute atomic E-state index is 0.0262. The summed E-state index contributed by atoms with van der Waals surface area (Å²) in [5.74, 6) is -0.143. The van der Waals surface area contributed by atoms with Gasteiger partial charge in [-0.15, -0.1) is 0 Å². The Balaban J connectivity index is 1.73. The molecule has 0 aliphatic heterocycles. The highest BCUT2D eigenvalue weighted by Crippen LogP contribution is 2.36. The fourth-order valence-electron chi connectivity index (χ4n) is 3.72. The monoisotopic (exact) mass is 557 g/mol. The van der Waals surface area contributed by atoms with Crippen LogP contribution in [0.15, 0.2) is 65.6 Å². The number of benzene rings is 3. The van der Waals surface area contributed by atoms with Gasteiger partial charge in [0.2, 0.25) is 0 Å². The molecule has 3 rings (SSSR count). The van der Waals surface area contributed by atoms with Crippen LogP contribution in [0.2, 0.25) is 5.02 Å². The summed E-state index contributed by atoms with van der Waals surface area (Å²) in [5, 5.41) is -0.376. The minimum Gasteiger partial charge on any atom is -0.494 e. The van der Waals surface area contributed by atoms with Gasteiger partial charge in [0.05, 0.1) is 22.1 Å². The van der Waals surface area contributed by atoms with Crippen LogP contribution < -0.4 is 4.74 Å². The highest BCUT2D eigenvalue weighted by Gasteiger charge is 2.34. The van der Waals surface area contributed by atoms with Gasteiger partial charge in [-0.2, -0.15) is 13.2 Å². The topological polar surface area (TPSA) is 63.7 Å². The molecule has 0 N–H and O–H groups in total. The molecule has 0 aromatic heterocycles. The average Bonchev–Trinajstić information content (AvgIpc) is 2.83. The van der Waals surface area contributed by atoms with Crippen LogP contribution in [0.3, 0.4) is 0 Å². The van der Waals surface area contributed by atoms with Crippen LogP contribution in [-0.4, -0.2) is 39.0 Å². The third-order valence-electron chi connectivity index (χ3n) is 5.50. The molecule has 5 nitrogen and oxygen atoms in total. The van der Waals surface area contributed by atoms with Crippen LogP contribution in [0.4, 0.5) is 17.6 Å². The van der Waals surface area contributed by atoms with Gasteiger partial charge in [-0.3, -0.25) is 9.69 Å². The zero-order valence-corrected chi connectivity index (χ0v) is 21.3. The summed E-state index contributed by atoms with van der Waals surface area (Å²) in [4.78, 5) is 12.9. The van der Waals surface area contributed by atoms with Crippen molar-refractivity contribution in [3.8, 4) is 5.75 Å². The molecule has 0 heterocycles. The summed E-state index contributed by atoms with van der Waals surface area (Å²) in [7, 11) is -3.64. The van der Waals surface area contributed by atoms with Gasteiger partial charge in [-0.25, -0.2) is 12.8 Å². The molecule has 3 aromatic carbocycles. The molecule has 3 aromatic rings. The molecular formula is C26H24ClF4NO4S. The zero-order valence-electron chi connectivity index (χ0n) is 19.8. The van der Waals surface area contributed by atoms with E-state index in [1.54, 1.807) is 12.1 Å². The average molecular weight is 558 g/mol. The maximum absolute atomic E-state index is 13.3. The molecule has 0 saturated carbocycles. The van der Waals surface area contributed by atoms with Gasteiger partial charge in [0.25, 0.3) is 0 Å². The number of halogens is 5. The smallest absolute Gasteiger partial charge is 0.417 e. The van der Waals surface area contributed by atoms with E-state index in [1.807, 2.05) is 4.90 Å². The second-order valence-electron chi connectivity index (χ2n) is 8.41. The second kappa shape index (κ2) is 12.1. The molecule has 0 atom stereocenters. The highest BCUT2D eigenvalue weighted by atomic mass is 35.5. The fourth-order valence-corrected chi connectivity index (χ4v) is 4.89. The molecule has 0 saturated heterocycles.